The predicted molar refractivity (Wildman–Crippen MR) is 109 cm³/mol. The Bertz CT molecular complexity index is 687. The van der Waals surface area contributed by atoms with Crippen LogP contribution in [0.5, 0.6) is 0 Å². The summed E-state index contributed by atoms with van der Waals surface area (Å²) in [6, 6.07) is 3.68. The fourth-order valence-electron chi connectivity index (χ4n) is 4.29. The topological polar surface area (TPSA) is 74.8 Å². The Morgan fingerprint density at radius 3 is 2.55 bits per heavy atom. The van der Waals surface area contributed by atoms with Gasteiger partial charge in [-0.1, -0.05) is 0 Å². The van der Waals surface area contributed by atoms with Crippen LogP contribution < -0.4 is 5.32 Å². The lowest BCUT2D eigenvalue weighted by Gasteiger charge is -2.38. The van der Waals surface area contributed by atoms with Crippen molar-refractivity contribution < 1.29 is 14.3 Å². The third kappa shape index (κ3) is 6.24. The summed E-state index contributed by atoms with van der Waals surface area (Å²) in [4.78, 5) is 33.0. The SMILES string of the molecule is O=C(Cc1ccncc1)NC[C@H]1CN(CC2CCN(CC3CC3)CC2)C(=O)CO1. The minimum atomic E-state index is -0.135. The van der Waals surface area contributed by atoms with E-state index in [1.54, 1.807) is 12.4 Å². The van der Waals surface area contributed by atoms with Crippen molar-refractivity contribution in [1.29, 1.82) is 0 Å². The molecule has 1 saturated carbocycles. The van der Waals surface area contributed by atoms with Gasteiger partial charge in [-0.15, -0.1) is 0 Å². The van der Waals surface area contributed by atoms with Gasteiger partial charge in [-0.05, 0) is 68.3 Å². The van der Waals surface area contributed by atoms with Crippen molar-refractivity contribution >= 4 is 11.8 Å². The van der Waals surface area contributed by atoms with Crippen LogP contribution in [-0.4, -0.2) is 78.6 Å². The Morgan fingerprint density at radius 1 is 1.10 bits per heavy atom. The second-order valence-electron chi connectivity index (χ2n) is 8.76. The molecule has 0 radical (unpaired) electrons. The summed E-state index contributed by atoms with van der Waals surface area (Å²) >= 11 is 0. The lowest BCUT2D eigenvalue weighted by Crippen LogP contribution is -2.52. The molecule has 4 rings (SSSR count). The van der Waals surface area contributed by atoms with E-state index in [1.807, 2.05) is 17.0 Å². The first kappa shape index (κ1) is 20.3. The van der Waals surface area contributed by atoms with Gasteiger partial charge in [0, 0.05) is 38.6 Å². The molecule has 7 nitrogen and oxygen atoms in total. The molecule has 3 heterocycles. The molecule has 29 heavy (non-hydrogen) atoms. The first-order valence-corrected chi connectivity index (χ1v) is 10.9. The normalized spacial score (nSPS) is 23.9. The highest BCUT2D eigenvalue weighted by Crippen LogP contribution is 2.31. The number of hydrogen-bond donors (Lipinski definition) is 1. The Balaban J connectivity index is 1.18. The van der Waals surface area contributed by atoms with E-state index in [0.29, 0.717) is 25.4 Å². The van der Waals surface area contributed by atoms with Gasteiger partial charge < -0.3 is 19.9 Å². The Morgan fingerprint density at radius 2 is 1.83 bits per heavy atom. The van der Waals surface area contributed by atoms with E-state index >= 15 is 0 Å². The number of ether oxygens (including phenoxy) is 1. The zero-order valence-corrected chi connectivity index (χ0v) is 17.1. The fourth-order valence-corrected chi connectivity index (χ4v) is 4.29. The molecule has 1 aliphatic carbocycles. The maximum Gasteiger partial charge on any atom is 0.248 e. The van der Waals surface area contributed by atoms with Crippen LogP contribution >= 0.6 is 0 Å². The summed E-state index contributed by atoms with van der Waals surface area (Å²) in [5, 5.41) is 2.94. The average Bonchev–Trinajstić information content (AvgIpc) is 3.55. The zero-order valence-electron chi connectivity index (χ0n) is 17.1. The first-order valence-electron chi connectivity index (χ1n) is 10.9. The van der Waals surface area contributed by atoms with Gasteiger partial charge >= 0.3 is 0 Å². The van der Waals surface area contributed by atoms with Gasteiger partial charge in [-0.25, -0.2) is 0 Å². The van der Waals surface area contributed by atoms with Gasteiger partial charge in [0.25, 0.3) is 0 Å². The highest BCUT2D eigenvalue weighted by molar-refractivity contribution is 5.79. The van der Waals surface area contributed by atoms with Crippen LogP contribution in [0.1, 0.15) is 31.2 Å². The highest BCUT2D eigenvalue weighted by atomic mass is 16.5. The maximum atomic E-state index is 12.3. The second-order valence-corrected chi connectivity index (χ2v) is 8.76. The molecule has 0 bridgehead atoms. The number of carbonyl (C=O) groups is 2. The fraction of sp³-hybridized carbons (Fsp3) is 0.682. The summed E-state index contributed by atoms with van der Waals surface area (Å²) < 4.78 is 5.65. The van der Waals surface area contributed by atoms with Crippen LogP contribution in [0.2, 0.25) is 0 Å². The van der Waals surface area contributed by atoms with E-state index < -0.39 is 0 Å². The summed E-state index contributed by atoms with van der Waals surface area (Å²) in [5.74, 6) is 1.56. The lowest BCUT2D eigenvalue weighted by molar-refractivity contribution is -0.150. The number of hydrogen-bond acceptors (Lipinski definition) is 5. The molecule has 2 saturated heterocycles. The number of likely N-dealkylation sites (tertiary alicyclic amines) is 1. The van der Waals surface area contributed by atoms with Crippen LogP contribution in [0.4, 0.5) is 0 Å². The number of piperidine rings is 1. The summed E-state index contributed by atoms with van der Waals surface area (Å²) in [6.45, 7) is 5.53. The van der Waals surface area contributed by atoms with Crippen LogP contribution in [-0.2, 0) is 20.7 Å². The summed E-state index contributed by atoms with van der Waals surface area (Å²) in [6.07, 6.45) is 8.72. The van der Waals surface area contributed by atoms with Crippen molar-refractivity contribution in [3.05, 3.63) is 30.1 Å². The van der Waals surface area contributed by atoms with Crippen molar-refractivity contribution in [1.82, 2.24) is 20.1 Å². The van der Waals surface area contributed by atoms with E-state index in [1.165, 1.54) is 32.2 Å². The lowest BCUT2D eigenvalue weighted by atomic mass is 9.95. The molecule has 7 heteroatoms. The number of pyridine rings is 1. The van der Waals surface area contributed by atoms with Crippen LogP contribution in [0.3, 0.4) is 0 Å². The monoisotopic (exact) mass is 400 g/mol. The van der Waals surface area contributed by atoms with Gasteiger partial charge in [0.15, 0.2) is 0 Å². The molecular weight excluding hydrogens is 368 g/mol. The van der Waals surface area contributed by atoms with E-state index in [4.69, 9.17) is 4.74 Å². The number of nitrogens with one attached hydrogen (secondary N) is 1. The molecular formula is C22H32N4O3. The number of rotatable bonds is 8. The molecule has 1 aromatic heterocycles. The van der Waals surface area contributed by atoms with Crippen molar-refractivity contribution in [2.45, 2.75) is 38.2 Å². The minimum absolute atomic E-state index is 0.0358. The quantitative estimate of drug-likeness (QED) is 0.707. The maximum absolute atomic E-state index is 12.3. The number of carbonyl (C=O) groups excluding carboxylic acids is 2. The standard InChI is InChI=1S/C22H32N4O3/c27-21(11-17-3-7-23-8-4-17)24-12-20-15-26(22(28)16-29-20)14-19-5-9-25(10-6-19)13-18-1-2-18/h3-4,7-8,18-20H,1-2,5-6,9-16H2,(H,24,27)/t20-/m0/s1. The molecule has 0 spiro atoms. The minimum Gasteiger partial charge on any atom is -0.365 e. The molecule has 2 aliphatic heterocycles. The smallest absolute Gasteiger partial charge is 0.248 e. The molecule has 0 unspecified atom stereocenters. The van der Waals surface area contributed by atoms with Crippen molar-refractivity contribution in [2.24, 2.45) is 11.8 Å². The van der Waals surface area contributed by atoms with Gasteiger partial charge in [-0.2, -0.15) is 0 Å². The Hall–Kier alpha value is -1.99. The molecule has 1 N–H and O–H groups in total. The molecule has 0 aromatic carbocycles. The first-order chi connectivity index (χ1) is 14.2. The second kappa shape index (κ2) is 9.67. The summed E-state index contributed by atoms with van der Waals surface area (Å²) in [5.41, 5.74) is 0.937. The predicted octanol–water partition coefficient (Wildman–Crippen LogP) is 1.09. The van der Waals surface area contributed by atoms with E-state index in [0.717, 1.165) is 31.1 Å². The van der Waals surface area contributed by atoms with Crippen molar-refractivity contribution in [3.63, 3.8) is 0 Å². The number of nitrogens with zero attached hydrogens (tertiary/aromatic N) is 3. The highest BCUT2D eigenvalue weighted by Gasteiger charge is 2.31. The molecule has 3 aliphatic rings. The van der Waals surface area contributed by atoms with E-state index in [9.17, 15) is 9.59 Å². The average molecular weight is 401 g/mol. The largest absolute Gasteiger partial charge is 0.365 e. The van der Waals surface area contributed by atoms with Gasteiger partial charge in [0.05, 0.1) is 12.5 Å². The number of morpholine rings is 1. The third-order valence-electron chi connectivity index (χ3n) is 6.26. The van der Waals surface area contributed by atoms with Crippen LogP contribution in [0, 0.1) is 11.8 Å². The molecule has 2 amide bonds. The molecule has 158 valence electrons. The summed E-state index contributed by atoms with van der Waals surface area (Å²) in [7, 11) is 0. The molecule has 1 atom stereocenters. The van der Waals surface area contributed by atoms with Gasteiger partial charge in [0.2, 0.25) is 11.8 Å². The van der Waals surface area contributed by atoms with Gasteiger partial charge in [-0.3, -0.25) is 14.6 Å². The third-order valence-corrected chi connectivity index (χ3v) is 6.26. The van der Waals surface area contributed by atoms with E-state index in [2.05, 4.69) is 15.2 Å². The Labute approximate surface area is 172 Å². The van der Waals surface area contributed by atoms with Crippen molar-refractivity contribution in [2.75, 3.05) is 45.9 Å². The molecule has 1 aromatic rings. The zero-order chi connectivity index (χ0) is 20.1. The molecule has 3 fully saturated rings. The number of aromatic nitrogens is 1. The number of amides is 2. The van der Waals surface area contributed by atoms with E-state index in [-0.39, 0.29) is 24.5 Å². The van der Waals surface area contributed by atoms with Crippen molar-refractivity contribution in [3.8, 4) is 0 Å². The van der Waals surface area contributed by atoms with Crippen LogP contribution in [0.25, 0.3) is 0 Å². The Kier molecular flexibility index (Phi) is 6.77. The van der Waals surface area contributed by atoms with Crippen LogP contribution in [0.15, 0.2) is 24.5 Å². The van der Waals surface area contributed by atoms with Gasteiger partial charge in [0.1, 0.15) is 6.61 Å².